The van der Waals surface area contributed by atoms with Crippen LogP contribution in [0.25, 0.3) is 0 Å². The maximum Gasteiger partial charge on any atom is 0.351 e. The molecule has 1 aromatic heterocycles. The molecule has 210 valence electrons. The number of alkyl halides is 2. The van der Waals surface area contributed by atoms with Crippen LogP contribution in [0.3, 0.4) is 0 Å². The maximum absolute atomic E-state index is 14.5. The number of esters is 1. The largest absolute Gasteiger partial charge is 0.463 e. The fourth-order valence-electron chi connectivity index (χ4n) is 4.30. The molecule has 0 aromatic carbocycles. The summed E-state index contributed by atoms with van der Waals surface area (Å²) < 4.78 is 39.8. The number of halogens is 2. The maximum atomic E-state index is 14.5. The van der Waals surface area contributed by atoms with E-state index in [1.54, 1.807) is 0 Å². The minimum absolute atomic E-state index is 0.121. The van der Waals surface area contributed by atoms with Crippen molar-refractivity contribution in [1.29, 1.82) is 0 Å². The van der Waals surface area contributed by atoms with Gasteiger partial charge in [-0.2, -0.15) is 13.8 Å². The van der Waals surface area contributed by atoms with Gasteiger partial charge in [-0.3, -0.25) is 9.36 Å². The molecule has 1 saturated heterocycles. The number of carbonyl (C=O) groups excluding carboxylic acids is 1. The number of ether oxygens (including phenoxy) is 2. The summed E-state index contributed by atoms with van der Waals surface area (Å²) in [5.74, 6) is -4.43. The summed E-state index contributed by atoms with van der Waals surface area (Å²) in [6, 6.07) is 1.18. The van der Waals surface area contributed by atoms with Crippen molar-refractivity contribution in [3.05, 3.63) is 34.9 Å². The van der Waals surface area contributed by atoms with E-state index in [0.29, 0.717) is 11.0 Å². The van der Waals surface area contributed by atoms with Crippen LogP contribution in [0.4, 0.5) is 14.6 Å². The van der Waals surface area contributed by atoms with Gasteiger partial charge in [-0.25, -0.2) is 4.79 Å². The molecule has 10 heteroatoms. The molecular formula is C27H43F2N3O5. The predicted octanol–water partition coefficient (Wildman–Crippen LogP) is 5.30. The fraction of sp³-hybridized carbons (Fsp3) is 0.741. The van der Waals surface area contributed by atoms with E-state index in [0.717, 1.165) is 44.7 Å². The lowest BCUT2D eigenvalue weighted by atomic mass is 10.1. The number of nitrogens with two attached hydrogens (primary N) is 1. The van der Waals surface area contributed by atoms with Crippen molar-refractivity contribution >= 4 is 11.8 Å². The number of nitrogen functional groups attached to an aromatic ring is 1. The summed E-state index contributed by atoms with van der Waals surface area (Å²) in [4.78, 5) is 27.3. The predicted molar refractivity (Wildman–Crippen MR) is 138 cm³/mol. The highest BCUT2D eigenvalue weighted by atomic mass is 19.3. The molecule has 0 bridgehead atoms. The number of carbonyl (C=O) groups is 1. The Morgan fingerprint density at radius 2 is 1.70 bits per heavy atom. The first-order chi connectivity index (χ1) is 17.8. The van der Waals surface area contributed by atoms with Gasteiger partial charge in [0.2, 0.25) is 6.23 Å². The second-order valence-electron chi connectivity index (χ2n) is 9.71. The van der Waals surface area contributed by atoms with Crippen LogP contribution in [0.1, 0.15) is 103 Å². The van der Waals surface area contributed by atoms with Crippen molar-refractivity contribution in [3.8, 4) is 0 Å². The summed E-state index contributed by atoms with van der Waals surface area (Å²) in [6.07, 6.45) is 14.8. The van der Waals surface area contributed by atoms with Crippen LogP contribution >= 0.6 is 0 Å². The number of anilines is 1. The summed E-state index contributed by atoms with van der Waals surface area (Å²) in [7, 11) is 0. The monoisotopic (exact) mass is 527 g/mol. The molecule has 0 unspecified atom stereocenters. The Balaban J connectivity index is 1.54. The average molecular weight is 528 g/mol. The smallest absolute Gasteiger partial charge is 0.351 e. The molecule has 3 atom stereocenters. The SMILES string of the molecule is CCCCCCCC/C=C/CCCCCCCC(=O)OC[C@@H]1O[C@H](n2ccc(N)nc2=O)C(F)(F)[C@H]1O. The molecule has 8 nitrogen and oxygen atoms in total. The van der Waals surface area contributed by atoms with E-state index < -0.39 is 42.6 Å². The van der Waals surface area contributed by atoms with Gasteiger partial charge in [0, 0.05) is 12.6 Å². The molecule has 0 radical (unpaired) electrons. The highest BCUT2D eigenvalue weighted by Gasteiger charge is 2.60. The summed E-state index contributed by atoms with van der Waals surface area (Å²) in [5.41, 5.74) is 4.35. The Labute approximate surface area is 218 Å². The highest BCUT2D eigenvalue weighted by Crippen LogP contribution is 2.42. The van der Waals surface area contributed by atoms with Crippen LogP contribution < -0.4 is 11.4 Å². The number of aromatic nitrogens is 2. The number of aliphatic hydroxyl groups is 1. The van der Waals surface area contributed by atoms with Crippen LogP contribution in [0, 0.1) is 0 Å². The van der Waals surface area contributed by atoms with Crippen molar-refractivity contribution in [2.75, 3.05) is 12.3 Å². The summed E-state index contributed by atoms with van der Waals surface area (Å²) >= 11 is 0. The van der Waals surface area contributed by atoms with E-state index in [9.17, 15) is 23.5 Å². The molecule has 37 heavy (non-hydrogen) atoms. The number of allylic oxidation sites excluding steroid dienone is 2. The third-order valence-corrected chi connectivity index (χ3v) is 6.53. The lowest BCUT2D eigenvalue weighted by Gasteiger charge is -2.20. The Kier molecular flexibility index (Phi) is 13.8. The number of hydrogen-bond donors (Lipinski definition) is 2. The quantitative estimate of drug-likeness (QED) is 0.151. The van der Waals surface area contributed by atoms with E-state index in [1.165, 1.54) is 44.6 Å². The van der Waals surface area contributed by atoms with Crippen LogP contribution in [-0.4, -0.2) is 45.4 Å². The first-order valence-electron chi connectivity index (χ1n) is 13.6. The third kappa shape index (κ3) is 10.5. The minimum atomic E-state index is -3.78. The molecule has 2 rings (SSSR count). The molecule has 1 aliphatic heterocycles. The summed E-state index contributed by atoms with van der Waals surface area (Å²) in [6.45, 7) is 1.70. The van der Waals surface area contributed by atoms with Gasteiger partial charge < -0.3 is 20.3 Å². The van der Waals surface area contributed by atoms with E-state index >= 15 is 0 Å². The van der Waals surface area contributed by atoms with E-state index in [-0.39, 0.29) is 12.2 Å². The topological polar surface area (TPSA) is 117 Å². The van der Waals surface area contributed by atoms with Crippen molar-refractivity contribution in [2.45, 2.75) is 121 Å². The third-order valence-electron chi connectivity index (χ3n) is 6.53. The molecule has 0 saturated carbocycles. The van der Waals surface area contributed by atoms with Gasteiger partial charge in [0.15, 0.2) is 6.10 Å². The molecule has 0 aliphatic carbocycles. The zero-order valence-electron chi connectivity index (χ0n) is 22.0. The number of unbranched alkanes of at least 4 members (excludes halogenated alkanes) is 11. The van der Waals surface area contributed by atoms with Crippen LogP contribution in [0.5, 0.6) is 0 Å². The standard InChI is InChI=1S/C27H43F2N3O5/c1-2-3-4-5-6-7-8-9-10-11-12-13-14-15-16-17-23(33)36-20-21-24(34)27(28,29)25(37-21)32-19-18-22(30)31-26(32)35/h9-10,18-19,21,24-25,34H,2-8,11-17,20H2,1H3,(H2,30,31,35)/b10-9+/t21-,24-,25-/m0/s1. The Morgan fingerprint density at radius 1 is 1.11 bits per heavy atom. The van der Waals surface area contributed by atoms with Crippen LogP contribution in [-0.2, 0) is 14.3 Å². The molecule has 1 aromatic rings. The van der Waals surface area contributed by atoms with Crippen LogP contribution in [0.2, 0.25) is 0 Å². The van der Waals surface area contributed by atoms with Crippen molar-refractivity contribution in [2.24, 2.45) is 0 Å². The number of hydrogen-bond acceptors (Lipinski definition) is 7. The van der Waals surface area contributed by atoms with E-state index in [2.05, 4.69) is 24.1 Å². The Hall–Kier alpha value is -2.33. The zero-order valence-corrected chi connectivity index (χ0v) is 22.0. The van der Waals surface area contributed by atoms with Gasteiger partial charge >= 0.3 is 17.6 Å². The minimum Gasteiger partial charge on any atom is -0.463 e. The lowest BCUT2D eigenvalue weighted by Crippen LogP contribution is -2.42. The molecule has 3 N–H and O–H groups in total. The second kappa shape index (κ2) is 16.5. The van der Waals surface area contributed by atoms with Gasteiger partial charge in [-0.1, -0.05) is 70.4 Å². The van der Waals surface area contributed by atoms with Crippen molar-refractivity contribution in [1.82, 2.24) is 9.55 Å². The Morgan fingerprint density at radius 3 is 2.32 bits per heavy atom. The van der Waals surface area contributed by atoms with Crippen LogP contribution in [0.15, 0.2) is 29.2 Å². The first-order valence-corrected chi connectivity index (χ1v) is 13.6. The van der Waals surface area contributed by atoms with Gasteiger partial charge in [0.1, 0.15) is 18.5 Å². The van der Waals surface area contributed by atoms with Crippen molar-refractivity contribution < 1.29 is 28.2 Å². The Bertz CT molecular complexity index is 893. The molecular weight excluding hydrogens is 484 g/mol. The van der Waals surface area contributed by atoms with Gasteiger partial charge in [0.25, 0.3) is 0 Å². The molecule has 1 aliphatic rings. The van der Waals surface area contributed by atoms with Gasteiger partial charge in [0.05, 0.1) is 0 Å². The highest BCUT2D eigenvalue weighted by molar-refractivity contribution is 5.69. The molecule has 1 fully saturated rings. The molecule has 0 spiro atoms. The molecule has 0 amide bonds. The van der Waals surface area contributed by atoms with Crippen molar-refractivity contribution in [3.63, 3.8) is 0 Å². The summed E-state index contributed by atoms with van der Waals surface area (Å²) in [5, 5.41) is 9.99. The number of aliphatic hydroxyl groups excluding tert-OH is 1. The van der Waals surface area contributed by atoms with E-state index in [1.807, 2.05) is 0 Å². The number of nitrogens with zero attached hydrogens (tertiary/aromatic N) is 2. The zero-order chi connectivity index (χ0) is 27.1. The fourth-order valence-corrected chi connectivity index (χ4v) is 4.30. The second-order valence-corrected chi connectivity index (χ2v) is 9.71. The normalized spacial score (nSPS) is 21.0. The first kappa shape index (κ1) is 30.9. The van der Waals surface area contributed by atoms with Gasteiger partial charge in [-0.05, 0) is 38.2 Å². The number of rotatable bonds is 18. The lowest BCUT2D eigenvalue weighted by molar-refractivity contribution is -0.150. The van der Waals surface area contributed by atoms with Gasteiger partial charge in [-0.15, -0.1) is 0 Å². The van der Waals surface area contributed by atoms with E-state index in [4.69, 9.17) is 15.2 Å². The molecule has 2 heterocycles. The average Bonchev–Trinajstić information content (AvgIpc) is 3.08.